The first kappa shape index (κ1) is 11.4. The van der Waals surface area contributed by atoms with Gasteiger partial charge in [0.05, 0.1) is 14.2 Å². The highest BCUT2D eigenvalue weighted by atomic mass is 16.5. The van der Waals surface area contributed by atoms with E-state index in [-0.39, 0.29) is 0 Å². The molecule has 0 aliphatic carbocycles. The summed E-state index contributed by atoms with van der Waals surface area (Å²) < 4.78 is 10.3. The van der Waals surface area contributed by atoms with E-state index in [1.807, 2.05) is 18.2 Å². The molecule has 0 heterocycles. The molecule has 0 atom stereocenters. The zero-order valence-electron chi connectivity index (χ0n) is 8.95. The van der Waals surface area contributed by atoms with E-state index in [2.05, 4.69) is 5.32 Å². The lowest BCUT2D eigenvalue weighted by Gasteiger charge is -2.07. The molecule has 1 rings (SSSR count). The number of carbonyl (C=O) groups is 1. The second-order valence-corrected chi connectivity index (χ2v) is 3.04. The van der Waals surface area contributed by atoms with Gasteiger partial charge in [0.25, 0.3) is 0 Å². The molecule has 0 bridgehead atoms. The highest BCUT2D eigenvalue weighted by Gasteiger charge is 2.01. The molecule has 4 heteroatoms. The number of ether oxygens (including phenoxy) is 2. The predicted octanol–water partition coefficient (Wildman–Crippen LogP) is 0.992. The molecule has 0 aliphatic rings. The van der Waals surface area contributed by atoms with Crippen LogP contribution in [0.15, 0.2) is 18.2 Å². The van der Waals surface area contributed by atoms with Gasteiger partial charge in [-0.2, -0.15) is 0 Å². The Morgan fingerprint density at radius 2 is 1.80 bits per heavy atom. The van der Waals surface area contributed by atoms with E-state index in [0.717, 1.165) is 23.5 Å². The number of benzene rings is 1. The number of carbonyl (C=O) groups excluding carboxylic acids is 1. The number of amides is 1. The monoisotopic (exact) mass is 209 g/mol. The van der Waals surface area contributed by atoms with Crippen LogP contribution >= 0.6 is 0 Å². The van der Waals surface area contributed by atoms with Crippen molar-refractivity contribution in [3.63, 3.8) is 0 Å². The quantitative estimate of drug-likeness (QED) is 0.561. The van der Waals surface area contributed by atoms with Crippen LogP contribution < -0.4 is 14.8 Å². The molecule has 0 unspecified atom stereocenters. The Kier molecular flexibility index (Phi) is 4.47. The summed E-state index contributed by atoms with van der Waals surface area (Å²) in [5, 5.41) is 2.61. The van der Waals surface area contributed by atoms with Crippen molar-refractivity contribution in [2.24, 2.45) is 0 Å². The first-order chi connectivity index (χ1) is 7.30. The Bertz CT molecular complexity index is 303. The maximum Gasteiger partial charge on any atom is 0.207 e. The average molecular weight is 209 g/mol. The maximum absolute atomic E-state index is 10.1. The van der Waals surface area contributed by atoms with E-state index in [1.54, 1.807) is 14.2 Å². The number of nitrogens with one attached hydrogen (secondary N) is 1. The van der Waals surface area contributed by atoms with Gasteiger partial charge in [0.1, 0.15) is 11.5 Å². The summed E-state index contributed by atoms with van der Waals surface area (Å²) in [4.78, 5) is 10.1. The number of hydrogen-bond donors (Lipinski definition) is 1. The van der Waals surface area contributed by atoms with Gasteiger partial charge in [0.15, 0.2) is 0 Å². The lowest BCUT2D eigenvalue weighted by Crippen LogP contribution is -2.14. The van der Waals surface area contributed by atoms with Crippen LogP contribution in [0.25, 0.3) is 0 Å². The van der Waals surface area contributed by atoms with Gasteiger partial charge in [-0.15, -0.1) is 0 Å². The minimum atomic E-state index is 0.611. The average Bonchev–Trinajstić information content (AvgIpc) is 2.29. The van der Waals surface area contributed by atoms with Crippen LogP contribution in [0.2, 0.25) is 0 Å². The van der Waals surface area contributed by atoms with Gasteiger partial charge in [-0.25, -0.2) is 0 Å². The third-order valence-corrected chi connectivity index (χ3v) is 2.05. The molecule has 15 heavy (non-hydrogen) atoms. The molecular formula is C11H15NO3. The summed E-state index contributed by atoms with van der Waals surface area (Å²) in [7, 11) is 3.23. The Balaban J connectivity index is 2.72. The van der Waals surface area contributed by atoms with E-state index in [1.165, 1.54) is 0 Å². The Labute approximate surface area is 89.2 Å². The van der Waals surface area contributed by atoms with Crippen LogP contribution in [0.1, 0.15) is 5.56 Å². The van der Waals surface area contributed by atoms with Crippen molar-refractivity contribution in [2.45, 2.75) is 6.42 Å². The number of methoxy groups -OCH3 is 2. The van der Waals surface area contributed by atoms with E-state index >= 15 is 0 Å². The molecule has 0 saturated heterocycles. The van der Waals surface area contributed by atoms with Crippen LogP contribution in [0, 0.1) is 0 Å². The normalized spacial score (nSPS) is 9.47. The molecule has 82 valence electrons. The van der Waals surface area contributed by atoms with Gasteiger partial charge < -0.3 is 14.8 Å². The molecule has 0 saturated carbocycles. The molecule has 1 aromatic carbocycles. The van der Waals surface area contributed by atoms with Crippen LogP contribution in [-0.2, 0) is 11.2 Å². The predicted molar refractivity (Wildman–Crippen MR) is 57.3 cm³/mol. The molecule has 0 aromatic heterocycles. The van der Waals surface area contributed by atoms with Crippen molar-refractivity contribution >= 4 is 6.41 Å². The molecule has 1 N–H and O–H groups in total. The molecule has 0 spiro atoms. The first-order valence-electron chi connectivity index (χ1n) is 4.69. The van der Waals surface area contributed by atoms with Crippen LogP contribution in [0.4, 0.5) is 0 Å². The second kappa shape index (κ2) is 5.90. The van der Waals surface area contributed by atoms with Gasteiger partial charge >= 0.3 is 0 Å². The SMILES string of the molecule is COc1cc(CCNC=O)cc(OC)c1. The molecule has 1 aromatic rings. The molecule has 1 amide bonds. The Morgan fingerprint density at radius 1 is 1.20 bits per heavy atom. The molecule has 0 fully saturated rings. The van der Waals surface area contributed by atoms with E-state index < -0.39 is 0 Å². The molecular weight excluding hydrogens is 194 g/mol. The van der Waals surface area contributed by atoms with Gasteiger partial charge in [-0.3, -0.25) is 4.79 Å². The van der Waals surface area contributed by atoms with Crippen molar-refractivity contribution in [2.75, 3.05) is 20.8 Å². The highest BCUT2D eigenvalue weighted by molar-refractivity contribution is 5.46. The third kappa shape index (κ3) is 3.50. The smallest absolute Gasteiger partial charge is 0.207 e. The fourth-order valence-electron chi connectivity index (χ4n) is 1.29. The van der Waals surface area contributed by atoms with Crippen molar-refractivity contribution < 1.29 is 14.3 Å². The van der Waals surface area contributed by atoms with Gasteiger partial charge in [0, 0.05) is 12.6 Å². The summed E-state index contributed by atoms with van der Waals surface area (Å²) in [6.07, 6.45) is 1.45. The lowest BCUT2D eigenvalue weighted by atomic mass is 10.1. The Hall–Kier alpha value is -1.71. The molecule has 4 nitrogen and oxygen atoms in total. The minimum Gasteiger partial charge on any atom is -0.497 e. The van der Waals surface area contributed by atoms with Crippen molar-refractivity contribution in [3.05, 3.63) is 23.8 Å². The molecule has 0 aliphatic heterocycles. The lowest BCUT2D eigenvalue weighted by molar-refractivity contribution is -0.109. The fraction of sp³-hybridized carbons (Fsp3) is 0.364. The van der Waals surface area contributed by atoms with E-state index in [9.17, 15) is 4.79 Å². The van der Waals surface area contributed by atoms with Crippen LogP contribution in [0.3, 0.4) is 0 Å². The minimum absolute atomic E-state index is 0.611. The van der Waals surface area contributed by atoms with E-state index in [0.29, 0.717) is 13.0 Å². The zero-order valence-corrected chi connectivity index (χ0v) is 8.95. The van der Waals surface area contributed by atoms with Gasteiger partial charge in [0.2, 0.25) is 6.41 Å². The number of rotatable bonds is 6. The number of hydrogen-bond acceptors (Lipinski definition) is 3. The summed E-state index contributed by atoms with van der Waals surface area (Å²) in [5.74, 6) is 1.52. The standard InChI is InChI=1S/C11H15NO3/c1-14-10-5-9(3-4-12-8-13)6-11(7-10)15-2/h5-8H,3-4H2,1-2H3,(H,12,13). The third-order valence-electron chi connectivity index (χ3n) is 2.05. The second-order valence-electron chi connectivity index (χ2n) is 3.04. The van der Waals surface area contributed by atoms with Crippen LogP contribution in [0.5, 0.6) is 11.5 Å². The zero-order chi connectivity index (χ0) is 11.1. The Morgan fingerprint density at radius 3 is 2.27 bits per heavy atom. The maximum atomic E-state index is 10.1. The highest BCUT2D eigenvalue weighted by Crippen LogP contribution is 2.22. The van der Waals surface area contributed by atoms with Crippen molar-refractivity contribution in [1.82, 2.24) is 5.32 Å². The van der Waals surface area contributed by atoms with Crippen molar-refractivity contribution in [3.8, 4) is 11.5 Å². The van der Waals surface area contributed by atoms with Gasteiger partial charge in [-0.1, -0.05) is 0 Å². The fourth-order valence-corrected chi connectivity index (χ4v) is 1.29. The summed E-state index contributed by atoms with van der Waals surface area (Å²) in [6, 6.07) is 5.67. The summed E-state index contributed by atoms with van der Waals surface area (Å²) in [6.45, 7) is 0.611. The summed E-state index contributed by atoms with van der Waals surface area (Å²) >= 11 is 0. The van der Waals surface area contributed by atoms with Crippen molar-refractivity contribution in [1.29, 1.82) is 0 Å². The van der Waals surface area contributed by atoms with Gasteiger partial charge in [-0.05, 0) is 24.1 Å². The topological polar surface area (TPSA) is 47.6 Å². The first-order valence-corrected chi connectivity index (χ1v) is 4.69. The summed E-state index contributed by atoms with van der Waals surface area (Å²) in [5.41, 5.74) is 1.07. The largest absolute Gasteiger partial charge is 0.497 e. The molecule has 0 radical (unpaired) electrons. The van der Waals surface area contributed by atoms with E-state index in [4.69, 9.17) is 9.47 Å². The van der Waals surface area contributed by atoms with Crippen LogP contribution in [-0.4, -0.2) is 27.2 Å².